The molecule has 1 aliphatic heterocycles. The molecule has 0 radical (unpaired) electrons. The number of rotatable bonds is 0. The standard InChI is InChI=1S/C8H6Br2O.C8H5BrO/c9-7-5-3-1-2-4-6(5)11-8(7)10;9-7-5-10-8-4-2-1-3-6(7)8/h1-4,7-8H;1-5H. The summed E-state index contributed by atoms with van der Waals surface area (Å²) in [6.07, 6.45) is 1.70. The second kappa shape index (κ2) is 6.55. The van der Waals surface area contributed by atoms with Gasteiger partial charge < -0.3 is 9.15 Å². The lowest BCUT2D eigenvalue weighted by Crippen LogP contribution is -2.03. The lowest BCUT2D eigenvalue weighted by atomic mass is 10.2. The van der Waals surface area contributed by atoms with Gasteiger partial charge in [-0.2, -0.15) is 0 Å². The van der Waals surface area contributed by atoms with Crippen molar-refractivity contribution in [2.75, 3.05) is 0 Å². The SMILES string of the molecule is BrC1Oc2ccccc2C1Br.Brc1coc2ccccc12. The predicted molar refractivity (Wildman–Crippen MR) is 95.4 cm³/mol. The number of ether oxygens (including phenoxy) is 1. The van der Waals surface area contributed by atoms with Crippen molar-refractivity contribution in [3.63, 3.8) is 0 Å². The van der Waals surface area contributed by atoms with Crippen molar-refractivity contribution in [2.45, 2.75) is 9.84 Å². The molecule has 1 aromatic heterocycles. The van der Waals surface area contributed by atoms with Gasteiger partial charge in [0.05, 0.1) is 9.30 Å². The van der Waals surface area contributed by atoms with Crippen molar-refractivity contribution in [1.82, 2.24) is 0 Å². The molecule has 4 rings (SSSR count). The van der Waals surface area contributed by atoms with Crippen LogP contribution in [0.4, 0.5) is 0 Å². The highest BCUT2D eigenvalue weighted by molar-refractivity contribution is 9.12. The Labute approximate surface area is 147 Å². The third-order valence-electron chi connectivity index (χ3n) is 3.12. The van der Waals surface area contributed by atoms with Gasteiger partial charge in [0.2, 0.25) is 0 Å². The molecule has 0 N–H and O–H groups in total. The van der Waals surface area contributed by atoms with Gasteiger partial charge in [0.15, 0.2) is 5.01 Å². The van der Waals surface area contributed by atoms with Crippen molar-refractivity contribution in [1.29, 1.82) is 0 Å². The molecule has 2 nitrogen and oxygen atoms in total. The summed E-state index contributed by atoms with van der Waals surface area (Å²) in [5.74, 6) is 0.969. The van der Waals surface area contributed by atoms with Gasteiger partial charge in [-0.3, -0.25) is 0 Å². The van der Waals surface area contributed by atoms with E-state index in [2.05, 4.69) is 53.9 Å². The molecule has 0 spiro atoms. The Morgan fingerprint density at radius 1 is 0.905 bits per heavy atom. The van der Waals surface area contributed by atoms with Crippen LogP contribution < -0.4 is 4.74 Å². The molecule has 2 unspecified atom stereocenters. The maximum absolute atomic E-state index is 5.49. The summed E-state index contributed by atoms with van der Waals surface area (Å²) in [6.45, 7) is 0. The fourth-order valence-electron chi connectivity index (χ4n) is 2.08. The van der Waals surface area contributed by atoms with Crippen LogP contribution in [0.1, 0.15) is 10.4 Å². The Morgan fingerprint density at radius 3 is 2.38 bits per heavy atom. The lowest BCUT2D eigenvalue weighted by Gasteiger charge is -2.03. The van der Waals surface area contributed by atoms with E-state index in [-0.39, 0.29) is 9.84 Å². The highest BCUT2D eigenvalue weighted by Crippen LogP contribution is 2.43. The number of hydrogen-bond donors (Lipinski definition) is 0. The van der Waals surface area contributed by atoms with Gasteiger partial charge >= 0.3 is 0 Å². The van der Waals surface area contributed by atoms with E-state index in [1.54, 1.807) is 6.26 Å². The number of benzene rings is 2. The summed E-state index contributed by atoms with van der Waals surface area (Å²) < 4.78 is 11.7. The van der Waals surface area contributed by atoms with Gasteiger partial charge in [-0.05, 0) is 50.1 Å². The minimum atomic E-state index is 0.0694. The quantitative estimate of drug-likeness (QED) is 0.350. The van der Waals surface area contributed by atoms with Crippen molar-refractivity contribution in [3.05, 3.63) is 64.8 Å². The summed E-state index contributed by atoms with van der Waals surface area (Å²) in [4.78, 5) is 0.277. The third kappa shape index (κ3) is 3.20. The van der Waals surface area contributed by atoms with Crippen molar-refractivity contribution < 1.29 is 9.15 Å². The number of halogens is 3. The minimum Gasteiger partial charge on any atom is -0.477 e. The smallest absolute Gasteiger partial charge is 0.169 e. The molecular formula is C16H11Br3O2. The van der Waals surface area contributed by atoms with Crippen molar-refractivity contribution in [2.24, 2.45) is 0 Å². The Hall–Kier alpha value is -0.780. The first kappa shape index (κ1) is 15.1. The van der Waals surface area contributed by atoms with Crippen LogP contribution in [0.3, 0.4) is 0 Å². The normalized spacial score (nSPS) is 19.6. The zero-order chi connectivity index (χ0) is 14.8. The van der Waals surface area contributed by atoms with Crippen LogP contribution in [0.2, 0.25) is 0 Å². The fraction of sp³-hybridized carbons (Fsp3) is 0.125. The minimum absolute atomic E-state index is 0.0694. The van der Waals surface area contributed by atoms with E-state index in [0.29, 0.717) is 0 Å². The lowest BCUT2D eigenvalue weighted by molar-refractivity contribution is 0.329. The van der Waals surface area contributed by atoms with Gasteiger partial charge in [0, 0.05) is 10.9 Å². The predicted octanol–water partition coefficient (Wildman–Crippen LogP) is 6.43. The molecule has 2 atom stereocenters. The molecule has 0 bridgehead atoms. The number of hydrogen-bond acceptors (Lipinski definition) is 2. The average molecular weight is 475 g/mol. The molecule has 21 heavy (non-hydrogen) atoms. The number of para-hydroxylation sites is 2. The monoisotopic (exact) mass is 472 g/mol. The number of furan rings is 1. The van der Waals surface area contributed by atoms with E-state index >= 15 is 0 Å². The third-order valence-corrected chi connectivity index (χ3v) is 6.13. The van der Waals surface area contributed by atoms with E-state index in [1.165, 1.54) is 5.56 Å². The van der Waals surface area contributed by atoms with Crippen LogP contribution in [0.15, 0.2) is 63.7 Å². The van der Waals surface area contributed by atoms with E-state index < -0.39 is 0 Å². The van der Waals surface area contributed by atoms with Crippen LogP contribution in [0.25, 0.3) is 11.0 Å². The first-order valence-corrected chi connectivity index (χ1v) is 8.94. The Morgan fingerprint density at radius 2 is 1.62 bits per heavy atom. The van der Waals surface area contributed by atoms with Crippen molar-refractivity contribution >= 4 is 58.8 Å². The molecule has 0 amide bonds. The summed E-state index contributed by atoms with van der Waals surface area (Å²) >= 11 is 10.3. The Kier molecular flexibility index (Phi) is 4.72. The van der Waals surface area contributed by atoms with Crippen LogP contribution in [-0.4, -0.2) is 5.01 Å². The van der Waals surface area contributed by atoms with Crippen LogP contribution in [0.5, 0.6) is 5.75 Å². The molecule has 0 fully saturated rings. The Bertz CT molecular complexity index is 754. The zero-order valence-electron chi connectivity index (χ0n) is 10.8. The van der Waals surface area contributed by atoms with E-state index in [1.807, 2.05) is 42.5 Å². The van der Waals surface area contributed by atoms with Gasteiger partial charge in [-0.1, -0.05) is 46.3 Å². The first-order valence-electron chi connectivity index (χ1n) is 6.32. The second-order valence-corrected chi connectivity index (χ2v) is 7.23. The van der Waals surface area contributed by atoms with E-state index in [9.17, 15) is 0 Å². The highest BCUT2D eigenvalue weighted by Gasteiger charge is 2.29. The molecule has 108 valence electrons. The zero-order valence-corrected chi connectivity index (χ0v) is 15.6. The van der Waals surface area contributed by atoms with Crippen LogP contribution in [0, 0.1) is 0 Å². The largest absolute Gasteiger partial charge is 0.477 e. The molecular weight excluding hydrogens is 464 g/mol. The molecule has 0 saturated carbocycles. The summed E-state index contributed by atoms with van der Waals surface area (Å²) in [5, 5.41) is 1.20. The maximum atomic E-state index is 5.49. The van der Waals surface area contributed by atoms with Crippen molar-refractivity contribution in [3.8, 4) is 5.75 Å². The fourth-order valence-corrected chi connectivity index (χ4v) is 3.48. The Balaban J connectivity index is 0.000000126. The second-order valence-electron chi connectivity index (χ2n) is 4.49. The summed E-state index contributed by atoms with van der Waals surface area (Å²) in [6, 6.07) is 15.9. The van der Waals surface area contributed by atoms with E-state index in [4.69, 9.17) is 9.15 Å². The molecule has 0 saturated heterocycles. The van der Waals surface area contributed by atoms with Gasteiger partial charge in [-0.25, -0.2) is 0 Å². The molecule has 5 heteroatoms. The molecule has 2 aromatic carbocycles. The van der Waals surface area contributed by atoms with Gasteiger partial charge in [0.1, 0.15) is 17.6 Å². The molecule has 3 aromatic rings. The molecule has 0 aliphatic carbocycles. The summed E-state index contributed by atoms with van der Waals surface area (Å²) in [7, 11) is 0. The number of fused-ring (bicyclic) bond motifs is 2. The first-order chi connectivity index (χ1) is 10.2. The average Bonchev–Trinajstić information content (AvgIpc) is 3.02. The van der Waals surface area contributed by atoms with Crippen LogP contribution in [-0.2, 0) is 0 Å². The van der Waals surface area contributed by atoms with Crippen LogP contribution >= 0.6 is 47.8 Å². The number of alkyl halides is 2. The van der Waals surface area contributed by atoms with E-state index in [0.717, 1.165) is 21.2 Å². The topological polar surface area (TPSA) is 22.4 Å². The molecule has 1 aliphatic rings. The maximum Gasteiger partial charge on any atom is 0.169 e. The summed E-state index contributed by atoms with van der Waals surface area (Å²) in [5.41, 5.74) is 2.14. The highest BCUT2D eigenvalue weighted by atomic mass is 79.9. The van der Waals surface area contributed by atoms with Gasteiger partial charge in [-0.15, -0.1) is 0 Å². The molecule has 2 heterocycles. The van der Waals surface area contributed by atoms with Gasteiger partial charge in [0.25, 0.3) is 0 Å².